The third-order valence-electron chi connectivity index (χ3n) is 7.36. The van der Waals surface area contributed by atoms with Crippen LogP contribution in [0.15, 0.2) is 53.5 Å². The number of pyridine rings is 1. The van der Waals surface area contributed by atoms with Crippen molar-refractivity contribution in [3.63, 3.8) is 0 Å². The number of piperidine rings is 1. The van der Waals surface area contributed by atoms with Crippen LogP contribution in [0.25, 0.3) is 16.5 Å². The summed E-state index contributed by atoms with van der Waals surface area (Å²) in [6.45, 7) is 7.27. The van der Waals surface area contributed by atoms with Crippen LogP contribution in [0.3, 0.4) is 0 Å². The van der Waals surface area contributed by atoms with Gasteiger partial charge in [-0.1, -0.05) is 6.92 Å². The number of rotatable bonds is 9. The van der Waals surface area contributed by atoms with E-state index in [1.54, 1.807) is 18.3 Å². The lowest BCUT2D eigenvalue weighted by Gasteiger charge is -2.34. The Morgan fingerprint density at radius 1 is 1.11 bits per heavy atom. The zero-order valence-corrected chi connectivity index (χ0v) is 21.0. The summed E-state index contributed by atoms with van der Waals surface area (Å²) in [6, 6.07) is 12.5. The normalized spacial score (nSPS) is 18.7. The van der Waals surface area contributed by atoms with Crippen LogP contribution in [0.5, 0.6) is 5.75 Å². The van der Waals surface area contributed by atoms with Gasteiger partial charge >= 0.3 is 0 Å². The number of nitrogens with zero attached hydrogens (tertiary/aromatic N) is 2. The van der Waals surface area contributed by atoms with Gasteiger partial charge in [0, 0.05) is 37.3 Å². The summed E-state index contributed by atoms with van der Waals surface area (Å²) in [5.74, 6) is 1.07. The Kier molecular flexibility index (Phi) is 7.87. The minimum absolute atomic E-state index is 0.140. The maximum Gasteiger partial charge on any atom is 0.262 e. The van der Waals surface area contributed by atoms with Gasteiger partial charge in [-0.25, -0.2) is 4.39 Å². The van der Waals surface area contributed by atoms with Crippen LogP contribution in [0.1, 0.15) is 39.0 Å². The van der Waals surface area contributed by atoms with Crippen molar-refractivity contribution < 1.29 is 13.9 Å². The number of halogens is 1. The lowest BCUT2D eigenvalue weighted by atomic mass is 9.96. The van der Waals surface area contributed by atoms with Gasteiger partial charge in [0.05, 0.1) is 17.5 Å². The van der Waals surface area contributed by atoms with Gasteiger partial charge in [-0.3, -0.25) is 9.36 Å². The number of hydrogen-bond donors (Lipinski definition) is 1. The second-order valence-electron chi connectivity index (χ2n) is 9.96. The fraction of sp³-hybridized carbons (Fsp3) is 0.483. The largest absolute Gasteiger partial charge is 0.491 e. The molecule has 3 heterocycles. The van der Waals surface area contributed by atoms with Crippen molar-refractivity contribution >= 4 is 16.5 Å². The van der Waals surface area contributed by atoms with Crippen LogP contribution < -0.4 is 20.5 Å². The summed E-state index contributed by atoms with van der Waals surface area (Å²) in [7, 11) is 0. The molecule has 192 valence electrons. The van der Waals surface area contributed by atoms with E-state index in [0.717, 1.165) is 76.0 Å². The van der Waals surface area contributed by atoms with E-state index in [4.69, 9.17) is 9.47 Å². The fourth-order valence-electron chi connectivity index (χ4n) is 5.25. The molecule has 3 aromatic rings. The van der Waals surface area contributed by atoms with Gasteiger partial charge in [0.1, 0.15) is 18.2 Å². The molecule has 0 radical (unpaired) electrons. The van der Waals surface area contributed by atoms with Crippen molar-refractivity contribution in [1.29, 1.82) is 0 Å². The maximum absolute atomic E-state index is 15.2. The summed E-state index contributed by atoms with van der Waals surface area (Å²) in [5.41, 5.74) is 0.965. The Balaban J connectivity index is 1.27. The quantitative estimate of drug-likeness (QED) is 0.430. The molecule has 1 atom stereocenters. The molecule has 6 nitrogen and oxygen atoms in total. The van der Waals surface area contributed by atoms with Gasteiger partial charge in [0.2, 0.25) is 0 Å². The van der Waals surface area contributed by atoms with Gasteiger partial charge in [0.25, 0.3) is 5.56 Å². The van der Waals surface area contributed by atoms with E-state index < -0.39 is 0 Å². The molecule has 2 aliphatic heterocycles. The number of ether oxygens (including phenoxy) is 2. The highest BCUT2D eigenvalue weighted by molar-refractivity contribution is 5.83. The standard InChI is InChI=1S/C29H36FN3O3/c1-2-12-31-19-21-9-13-32(14-10-21)28-8-5-23(18-27(28)30)33-15-11-22-17-24(6-7-26(22)29(33)34)36-20-25-4-3-16-35-25/h5-8,11,15,17-18,21,25,31H,2-4,9-10,12-14,16,19-20H2,1H3/t25-/m1/s1. The molecule has 0 unspecified atom stereocenters. The first-order valence-electron chi connectivity index (χ1n) is 13.3. The van der Waals surface area contributed by atoms with Gasteiger partial charge in [-0.05, 0) is 92.9 Å². The Labute approximate surface area is 212 Å². The third-order valence-corrected chi connectivity index (χ3v) is 7.36. The first-order chi connectivity index (χ1) is 17.6. The van der Waals surface area contributed by atoms with Crippen molar-refractivity contribution in [2.24, 2.45) is 5.92 Å². The van der Waals surface area contributed by atoms with Gasteiger partial charge in [-0.2, -0.15) is 0 Å². The first-order valence-corrected chi connectivity index (χ1v) is 13.3. The summed E-state index contributed by atoms with van der Waals surface area (Å²) >= 11 is 0. The smallest absolute Gasteiger partial charge is 0.262 e. The molecule has 0 aliphatic carbocycles. The molecule has 5 rings (SSSR count). The average Bonchev–Trinajstić information content (AvgIpc) is 3.42. The molecule has 0 amide bonds. The topological polar surface area (TPSA) is 55.7 Å². The molecule has 2 aromatic carbocycles. The number of benzene rings is 2. The van der Waals surface area contributed by atoms with Crippen molar-refractivity contribution in [2.45, 2.75) is 45.1 Å². The van der Waals surface area contributed by atoms with E-state index in [-0.39, 0.29) is 17.5 Å². The summed E-state index contributed by atoms with van der Waals surface area (Å²) < 4.78 is 28.2. The number of nitrogens with one attached hydrogen (secondary N) is 1. The van der Waals surface area contributed by atoms with E-state index in [2.05, 4.69) is 17.1 Å². The molecule has 2 aliphatic rings. The number of anilines is 1. The minimum atomic E-state index is -0.292. The van der Waals surface area contributed by atoms with Crippen LogP contribution in [0.4, 0.5) is 10.1 Å². The molecule has 0 saturated carbocycles. The van der Waals surface area contributed by atoms with E-state index >= 15 is 4.39 Å². The summed E-state index contributed by atoms with van der Waals surface area (Å²) in [6.07, 6.45) is 7.19. The lowest BCUT2D eigenvalue weighted by Crippen LogP contribution is -2.37. The third kappa shape index (κ3) is 5.57. The minimum Gasteiger partial charge on any atom is -0.491 e. The summed E-state index contributed by atoms with van der Waals surface area (Å²) in [5, 5.41) is 4.87. The van der Waals surface area contributed by atoms with Crippen LogP contribution in [-0.2, 0) is 4.74 Å². The second-order valence-corrected chi connectivity index (χ2v) is 9.96. The van der Waals surface area contributed by atoms with Crippen LogP contribution in [0, 0.1) is 11.7 Å². The predicted octanol–water partition coefficient (Wildman–Crippen LogP) is 4.90. The SMILES string of the molecule is CCCNCC1CCN(c2ccc(-n3ccc4cc(OC[C@H]5CCCO5)ccc4c3=O)cc2F)CC1. The number of hydrogen-bond acceptors (Lipinski definition) is 5. The van der Waals surface area contributed by atoms with Crippen LogP contribution in [0.2, 0.25) is 0 Å². The highest BCUT2D eigenvalue weighted by atomic mass is 19.1. The van der Waals surface area contributed by atoms with Crippen molar-refractivity contribution in [3.05, 3.63) is 64.8 Å². The molecular formula is C29H36FN3O3. The molecule has 1 N–H and O–H groups in total. The second kappa shape index (κ2) is 11.4. The Morgan fingerprint density at radius 2 is 1.97 bits per heavy atom. The van der Waals surface area contributed by atoms with E-state index in [0.29, 0.717) is 29.3 Å². The Bertz CT molecular complexity index is 1230. The summed E-state index contributed by atoms with van der Waals surface area (Å²) in [4.78, 5) is 15.3. The zero-order valence-electron chi connectivity index (χ0n) is 21.0. The Hall–Kier alpha value is -2.90. The van der Waals surface area contributed by atoms with E-state index in [9.17, 15) is 4.79 Å². The van der Waals surface area contributed by atoms with Crippen LogP contribution in [-0.4, -0.2) is 50.1 Å². The molecule has 1 aromatic heterocycles. The van der Waals surface area contributed by atoms with Gasteiger partial charge in [0.15, 0.2) is 0 Å². The molecule has 7 heteroatoms. The molecule has 2 saturated heterocycles. The number of fused-ring (bicyclic) bond motifs is 1. The Morgan fingerprint density at radius 3 is 2.72 bits per heavy atom. The van der Waals surface area contributed by atoms with Gasteiger partial charge in [-0.15, -0.1) is 0 Å². The molecule has 0 bridgehead atoms. The molecule has 0 spiro atoms. The molecule has 36 heavy (non-hydrogen) atoms. The molecule has 2 fully saturated rings. The van der Waals surface area contributed by atoms with E-state index in [1.165, 1.54) is 10.6 Å². The van der Waals surface area contributed by atoms with Gasteiger partial charge < -0.3 is 19.7 Å². The maximum atomic E-state index is 15.2. The molecular weight excluding hydrogens is 457 g/mol. The highest BCUT2D eigenvalue weighted by Gasteiger charge is 2.21. The highest BCUT2D eigenvalue weighted by Crippen LogP contribution is 2.27. The van der Waals surface area contributed by atoms with Crippen LogP contribution >= 0.6 is 0 Å². The predicted molar refractivity (Wildman–Crippen MR) is 142 cm³/mol. The number of aromatic nitrogens is 1. The lowest BCUT2D eigenvalue weighted by molar-refractivity contribution is 0.0680. The van der Waals surface area contributed by atoms with E-state index in [1.807, 2.05) is 24.3 Å². The van der Waals surface area contributed by atoms with Crippen molar-refractivity contribution in [3.8, 4) is 11.4 Å². The average molecular weight is 494 g/mol. The first kappa shape index (κ1) is 24.8. The van der Waals surface area contributed by atoms with Crippen molar-refractivity contribution in [2.75, 3.05) is 44.3 Å². The fourth-order valence-corrected chi connectivity index (χ4v) is 5.25. The zero-order chi connectivity index (χ0) is 24.9. The monoisotopic (exact) mass is 493 g/mol. The van der Waals surface area contributed by atoms with Crippen molar-refractivity contribution in [1.82, 2.24) is 9.88 Å².